The Kier molecular flexibility index (Phi) is 5.03. The Labute approximate surface area is 157 Å². The summed E-state index contributed by atoms with van der Waals surface area (Å²) in [7, 11) is 0. The summed E-state index contributed by atoms with van der Waals surface area (Å²) < 4.78 is 0. The molecule has 0 bridgehead atoms. The molecule has 0 heterocycles. The third-order valence-electron chi connectivity index (χ3n) is 5.23. The molecule has 0 aliphatic carbocycles. The molecule has 2 nitrogen and oxygen atoms in total. The van der Waals surface area contributed by atoms with Crippen LogP contribution in [0, 0.1) is 6.92 Å². The molecule has 0 aromatic heterocycles. The fourth-order valence-electron chi connectivity index (χ4n) is 3.03. The Morgan fingerprint density at radius 1 is 0.731 bits per heavy atom. The highest BCUT2D eigenvalue weighted by Crippen LogP contribution is 2.36. The topological polar surface area (TPSA) is 29.3 Å². The molecule has 0 aliphatic heterocycles. The quantitative estimate of drug-likeness (QED) is 0.520. The first-order chi connectivity index (χ1) is 12.4. The van der Waals surface area contributed by atoms with Crippen LogP contribution < -0.4 is 10.6 Å². The first kappa shape index (κ1) is 18.1. The average Bonchev–Trinajstić information content (AvgIpc) is 2.65. The zero-order valence-electron chi connectivity index (χ0n) is 16.2. The maximum atomic E-state index is 5.89. The molecular formula is C24H28N2. The summed E-state index contributed by atoms with van der Waals surface area (Å²) in [4.78, 5) is 2.27. The van der Waals surface area contributed by atoms with E-state index < -0.39 is 0 Å². The normalized spacial score (nSPS) is 11.4. The van der Waals surface area contributed by atoms with Crippen LogP contribution in [0.4, 0.5) is 22.7 Å². The number of rotatable bonds is 5. The van der Waals surface area contributed by atoms with Crippen molar-refractivity contribution < 1.29 is 0 Å². The van der Waals surface area contributed by atoms with E-state index in [1.807, 2.05) is 12.1 Å². The van der Waals surface area contributed by atoms with Gasteiger partial charge < -0.3 is 10.6 Å². The highest BCUT2D eigenvalue weighted by molar-refractivity contribution is 5.77. The third-order valence-corrected chi connectivity index (χ3v) is 5.23. The first-order valence-corrected chi connectivity index (χ1v) is 9.23. The second-order valence-electron chi connectivity index (χ2n) is 7.55. The monoisotopic (exact) mass is 344 g/mol. The number of anilines is 4. The minimum atomic E-state index is 0.189. The van der Waals surface area contributed by atoms with Crippen LogP contribution in [0.5, 0.6) is 0 Å². The van der Waals surface area contributed by atoms with Gasteiger partial charge in [-0.25, -0.2) is 0 Å². The van der Waals surface area contributed by atoms with Crippen LogP contribution >= 0.6 is 0 Å². The van der Waals surface area contributed by atoms with E-state index in [0.29, 0.717) is 0 Å². The van der Waals surface area contributed by atoms with Gasteiger partial charge >= 0.3 is 0 Å². The molecule has 0 saturated heterocycles. The van der Waals surface area contributed by atoms with Crippen LogP contribution in [0.1, 0.15) is 38.3 Å². The lowest BCUT2D eigenvalue weighted by atomic mass is 9.82. The molecule has 134 valence electrons. The molecule has 3 aromatic rings. The minimum absolute atomic E-state index is 0.189. The molecule has 0 aliphatic rings. The number of aryl methyl sites for hydroxylation is 1. The highest BCUT2D eigenvalue weighted by atomic mass is 15.1. The molecule has 3 aromatic carbocycles. The van der Waals surface area contributed by atoms with Gasteiger partial charge in [-0.3, -0.25) is 0 Å². The van der Waals surface area contributed by atoms with Gasteiger partial charge in [0.15, 0.2) is 0 Å². The third kappa shape index (κ3) is 3.75. The van der Waals surface area contributed by atoms with Gasteiger partial charge in [0.05, 0.1) is 0 Å². The van der Waals surface area contributed by atoms with E-state index in [2.05, 4.69) is 93.3 Å². The molecule has 0 fully saturated rings. The van der Waals surface area contributed by atoms with Crippen molar-refractivity contribution in [2.45, 2.75) is 39.5 Å². The summed E-state index contributed by atoms with van der Waals surface area (Å²) in [5, 5.41) is 0. The Morgan fingerprint density at radius 3 is 1.62 bits per heavy atom. The number of hydrogen-bond donors (Lipinski definition) is 1. The molecule has 3 rings (SSSR count). The largest absolute Gasteiger partial charge is 0.399 e. The van der Waals surface area contributed by atoms with Crippen molar-refractivity contribution >= 4 is 22.7 Å². The lowest BCUT2D eigenvalue weighted by Crippen LogP contribution is -2.16. The SMILES string of the molecule is CCC(C)(C)c1ccc(N(c2ccc(C)cc2)c2ccc(N)cc2)cc1. The van der Waals surface area contributed by atoms with Crippen LogP contribution in [0.3, 0.4) is 0 Å². The smallest absolute Gasteiger partial charge is 0.0463 e. The van der Waals surface area contributed by atoms with Gasteiger partial charge in [0.1, 0.15) is 0 Å². The van der Waals surface area contributed by atoms with Crippen molar-refractivity contribution in [2.75, 3.05) is 10.6 Å². The molecule has 0 spiro atoms. The summed E-state index contributed by atoms with van der Waals surface area (Å²) in [5.41, 5.74) is 12.9. The molecule has 26 heavy (non-hydrogen) atoms. The van der Waals surface area contributed by atoms with Gasteiger partial charge in [-0.05, 0) is 72.9 Å². The predicted octanol–water partition coefficient (Wildman–Crippen LogP) is 6.73. The zero-order chi connectivity index (χ0) is 18.7. The second kappa shape index (κ2) is 7.25. The van der Waals surface area contributed by atoms with E-state index in [9.17, 15) is 0 Å². The van der Waals surface area contributed by atoms with E-state index in [4.69, 9.17) is 5.73 Å². The molecule has 2 heteroatoms. The van der Waals surface area contributed by atoms with E-state index in [-0.39, 0.29) is 5.41 Å². The van der Waals surface area contributed by atoms with Gasteiger partial charge in [-0.2, -0.15) is 0 Å². The van der Waals surface area contributed by atoms with Crippen molar-refractivity contribution in [3.8, 4) is 0 Å². The molecule has 0 saturated carbocycles. The molecule has 2 N–H and O–H groups in total. The zero-order valence-corrected chi connectivity index (χ0v) is 16.2. The van der Waals surface area contributed by atoms with Crippen LogP contribution in [0.15, 0.2) is 72.8 Å². The Morgan fingerprint density at radius 2 is 1.15 bits per heavy atom. The Balaban J connectivity index is 2.06. The van der Waals surface area contributed by atoms with Crippen LogP contribution in [0.25, 0.3) is 0 Å². The number of benzene rings is 3. The van der Waals surface area contributed by atoms with Crippen LogP contribution in [-0.2, 0) is 5.41 Å². The van der Waals surface area contributed by atoms with Crippen molar-refractivity contribution in [3.63, 3.8) is 0 Å². The van der Waals surface area contributed by atoms with Gasteiger partial charge in [0.2, 0.25) is 0 Å². The molecule has 0 unspecified atom stereocenters. The van der Waals surface area contributed by atoms with Crippen molar-refractivity contribution in [1.29, 1.82) is 0 Å². The summed E-state index contributed by atoms with van der Waals surface area (Å²) >= 11 is 0. The average molecular weight is 345 g/mol. The van der Waals surface area contributed by atoms with Gasteiger partial charge in [0, 0.05) is 22.7 Å². The summed E-state index contributed by atoms with van der Waals surface area (Å²) in [6, 6.07) is 25.6. The van der Waals surface area contributed by atoms with Crippen molar-refractivity contribution in [2.24, 2.45) is 0 Å². The van der Waals surface area contributed by atoms with Gasteiger partial charge in [-0.15, -0.1) is 0 Å². The van der Waals surface area contributed by atoms with Gasteiger partial charge in [-0.1, -0.05) is 50.6 Å². The van der Waals surface area contributed by atoms with E-state index in [0.717, 1.165) is 29.2 Å². The highest BCUT2D eigenvalue weighted by Gasteiger charge is 2.19. The fraction of sp³-hybridized carbons (Fsp3) is 0.250. The fourth-order valence-corrected chi connectivity index (χ4v) is 3.03. The number of hydrogen-bond acceptors (Lipinski definition) is 2. The first-order valence-electron chi connectivity index (χ1n) is 9.23. The summed E-state index contributed by atoms with van der Waals surface area (Å²) in [6.07, 6.45) is 1.12. The lowest BCUT2D eigenvalue weighted by Gasteiger charge is -2.28. The Hall–Kier alpha value is -2.74. The maximum absolute atomic E-state index is 5.89. The molecule has 0 amide bonds. The minimum Gasteiger partial charge on any atom is -0.399 e. The van der Waals surface area contributed by atoms with Gasteiger partial charge in [0.25, 0.3) is 0 Å². The van der Waals surface area contributed by atoms with Crippen LogP contribution in [0.2, 0.25) is 0 Å². The van der Waals surface area contributed by atoms with Crippen molar-refractivity contribution in [1.82, 2.24) is 0 Å². The van der Waals surface area contributed by atoms with E-state index in [1.165, 1.54) is 11.1 Å². The summed E-state index contributed by atoms with van der Waals surface area (Å²) in [5.74, 6) is 0. The van der Waals surface area contributed by atoms with E-state index >= 15 is 0 Å². The number of nitrogen functional groups attached to an aromatic ring is 1. The van der Waals surface area contributed by atoms with Crippen LogP contribution in [-0.4, -0.2) is 0 Å². The van der Waals surface area contributed by atoms with E-state index in [1.54, 1.807) is 0 Å². The maximum Gasteiger partial charge on any atom is 0.0463 e. The summed E-state index contributed by atoms with van der Waals surface area (Å²) in [6.45, 7) is 8.93. The molecule has 0 radical (unpaired) electrons. The lowest BCUT2D eigenvalue weighted by molar-refractivity contribution is 0.506. The van der Waals surface area contributed by atoms with Crippen molar-refractivity contribution in [3.05, 3.63) is 83.9 Å². The molecular weight excluding hydrogens is 316 g/mol. The number of nitrogens with two attached hydrogens (primary N) is 1. The second-order valence-corrected chi connectivity index (χ2v) is 7.55. The standard InChI is InChI=1S/C24H28N2/c1-5-24(3,4)19-8-14-22(15-9-19)26(21-12-6-18(2)7-13-21)23-16-10-20(25)11-17-23/h6-17H,5,25H2,1-4H3. The Bertz CT molecular complexity index is 799. The molecule has 0 atom stereocenters. The number of nitrogens with zero attached hydrogens (tertiary/aromatic N) is 1. The predicted molar refractivity (Wildman–Crippen MR) is 114 cm³/mol.